The first-order chi connectivity index (χ1) is 9.04. The molecule has 0 radical (unpaired) electrons. The molecule has 0 fully saturated rings. The van der Waals surface area contributed by atoms with Gasteiger partial charge in [0.2, 0.25) is 11.0 Å². The highest BCUT2D eigenvalue weighted by Gasteiger charge is 2.07. The Morgan fingerprint density at radius 1 is 1.47 bits per heavy atom. The maximum absolute atomic E-state index is 11.7. The van der Waals surface area contributed by atoms with Crippen molar-refractivity contribution in [3.8, 4) is 5.75 Å². The largest absolute Gasteiger partial charge is 0.506 e. The molecule has 0 spiro atoms. The molecule has 0 bridgehead atoms. The van der Waals surface area contributed by atoms with E-state index >= 15 is 0 Å². The first kappa shape index (κ1) is 13.6. The van der Waals surface area contributed by atoms with Crippen LogP contribution in [0.1, 0.15) is 10.6 Å². The van der Waals surface area contributed by atoms with Gasteiger partial charge in [-0.05, 0) is 17.7 Å². The highest BCUT2D eigenvalue weighted by Crippen LogP contribution is 2.23. The molecule has 1 amide bonds. The van der Waals surface area contributed by atoms with Crippen molar-refractivity contribution in [1.29, 1.82) is 0 Å². The second-order valence-corrected chi connectivity index (χ2v) is 5.27. The molecule has 19 heavy (non-hydrogen) atoms. The second-order valence-electron chi connectivity index (χ2n) is 3.77. The Labute approximate surface area is 118 Å². The van der Waals surface area contributed by atoms with Crippen LogP contribution in [-0.2, 0) is 17.8 Å². The van der Waals surface area contributed by atoms with Crippen LogP contribution in [0.3, 0.4) is 0 Å². The fourth-order valence-electron chi connectivity index (χ4n) is 1.42. The number of hydrogen-bond donors (Lipinski definition) is 3. The fraction of sp³-hybridized carbons (Fsp3) is 0.182. The summed E-state index contributed by atoms with van der Waals surface area (Å²) in [5.74, 6) is -0.175. The highest BCUT2D eigenvalue weighted by molar-refractivity contribution is 7.15. The number of rotatable bonds is 4. The number of anilines is 1. The van der Waals surface area contributed by atoms with Gasteiger partial charge in [-0.25, -0.2) is 0 Å². The summed E-state index contributed by atoms with van der Waals surface area (Å²) in [4.78, 5) is 11.7. The molecule has 0 unspecified atom stereocenters. The van der Waals surface area contributed by atoms with Crippen LogP contribution in [0.5, 0.6) is 5.75 Å². The summed E-state index contributed by atoms with van der Waals surface area (Å²) >= 11 is 6.99. The molecule has 0 atom stereocenters. The molecule has 1 aromatic carbocycles. The molecule has 0 aliphatic carbocycles. The van der Waals surface area contributed by atoms with Crippen molar-refractivity contribution in [3.63, 3.8) is 0 Å². The van der Waals surface area contributed by atoms with Crippen LogP contribution < -0.4 is 11.1 Å². The average Bonchev–Trinajstić information content (AvgIpc) is 2.77. The minimum Gasteiger partial charge on any atom is -0.506 e. The van der Waals surface area contributed by atoms with E-state index < -0.39 is 0 Å². The molecule has 0 aliphatic heterocycles. The van der Waals surface area contributed by atoms with Gasteiger partial charge in [-0.1, -0.05) is 29.0 Å². The molecule has 2 rings (SSSR count). The van der Waals surface area contributed by atoms with Crippen LogP contribution in [-0.4, -0.2) is 21.2 Å². The van der Waals surface area contributed by atoms with Gasteiger partial charge >= 0.3 is 0 Å². The minimum atomic E-state index is -0.171. The fourth-order valence-corrected chi connectivity index (χ4v) is 2.17. The number of amides is 1. The van der Waals surface area contributed by atoms with Crippen molar-refractivity contribution in [2.75, 3.05) is 5.73 Å². The van der Waals surface area contributed by atoms with Crippen molar-refractivity contribution in [2.24, 2.45) is 0 Å². The lowest BCUT2D eigenvalue weighted by Gasteiger charge is -2.04. The van der Waals surface area contributed by atoms with Gasteiger partial charge in [0.15, 0.2) is 0 Å². The summed E-state index contributed by atoms with van der Waals surface area (Å²) in [7, 11) is 0. The lowest BCUT2D eigenvalue weighted by molar-refractivity contribution is -0.120. The number of nitrogens with one attached hydrogen (secondary N) is 1. The van der Waals surface area contributed by atoms with E-state index in [0.29, 0.717) is 16.7 Å². The molecule has 0 saturated heterocycles. The number of carbonyl (C=O) groups is 1. The molecule has 8 heteroatoms. The van der Waals surface area contributed by atoms with Crippen LogP contribution in [0.25, 0.3) is 0 Å². The molecule has 6 nitrogen and oxygen atoms in total. The zero-order valence-corrected chi connectivity index (χ0v) is 11.3. The number of aromatic nitrogens is 2. The smallest absolute Gasteiger partial charge is 0.224 e. The van der Waals surface area contributed by atoms with Crippen molar-refractivity contribution < 1.29 is 9.90 Å². The normalized spacial score (nSPS) is 10.4. The summed E-state index contributed by atoms with van der Waals surface area (Å²) < 4.78 is 0. The van der Waals surface area contributed by atoms with E-state index in [1.54, 1.807) is 12.1 Å². The van der Waals surface area contributed by atoms with Gasteiger partial charge in [-0.15, -0.1) is 10.2 Å². The van der Waals surface area contributed by atoms with Gasteiger partial charge in [0.25, 0.3) is 0 Å². The second kappa shape index (κ2) is 5.85. The maximum atomic E-state index is 11.7. The lowest BCUT2D eigenvalue weighted by Crippen LogP contribution is -2.24. The van der Waals surface area contributed by atoms with Gasteiger partial charge in [0.1, 0.15) is 10.8 Å². The van der Waals surface area contributed by atoms with Crippen LogP contribution in [0.2, 0.25) is 5.02 Å². The van der Waals surface area contributed by atoms with Crippen molar-refractivity contribution in [1.82, 2.24) is 15.5 Å². The first-order valence-corrected chi connectivity index (χ1v) is 6.56. The van der Waals surface area contributed by atoms with Crippen LogP contribution in [0.4, 0.5) is 5.13 Å². The minimum absolute atomic E-state index is 0.00448. The third kappa shape index (κ3) is 3.80. The zero-order chi connectivity index (χ0) is 13.8. The Morgan fingerprint density at radius 2 is 2.26 bits per heavy atom. The molecular weight excluding hydrogens is 288 g/mol. The van der Waals surface area contributed by atoms with Gasteiger partial charge in [0.05, 0.1) is 18.0 Å². The molecule has 0 aliphatic rings. The van der Waals surface area contributed by atoms with Gasteiger partial charge in [0, 0.05) is 0 Å². The van der Waals surface area contributed by atoms with E-state index in [-0.39, 0.29) is 23.1 Å². The Hall–Kier alpha value is -1.86. The van der Waals surface area contributed by atoms with E-state index in [2.05, 4.69) is 15.5 Å². The third-order valence-electron chi connectivity index (χ3n) is 2.30. The predicted octanol–water partition coefficient (Wildman–Crippen LogP) is 1.34. The number of phenols is 1. The number of nitrogen functional groups attached to an aromatic ring is 1. The molecular formula is C11H11ClN4O2S. The maximum Gasteiger partial charge on any atom is 0.224 e. The summed E-state index contributed by atoms with van der Waals surface area (Å²) in [6, 6.07) is 4.65. The SMILES string of the molecule is Nc1nnc(CNC(=O)Cc2ccc(O)c(Cl)c2)s1. The number of phenolic OH excluding ortho intramolecular Hbond substituents is 1. The highest BCUT2D eigenvalue weighted by atomic mass is 35.5. The molecule has 1 aromatic heterocycles. The summed E-state index contributed by atoms with van der Waals surface area (Å²) in [5, 5.41) is 20.7. The monoisotopic (exact) mass is 298 g/mol. The van der Waals surface area contributed by atoms with Gasteiger partial charge < -0.3 is 16.2 Å². The number of carbonyl (C=O) groups excluding carboxylic acids is 1. The number of nitrogens with two attached hydrogens (primary N) is 1. The Morgan fingerprint density at radius 3 is 2.89 bits per heavy atom. The summed E-state index contributed by atoms with van der Waals surface area (Å²) in [6.45, 7) is 0.291. The molecule has 1 heterocycles. The third-order valence-corrected chi connectivity index (χ3v) is 3.35. The average molecular weight is 299 g/mol. The van der Waals surface area contributed by atoms with Crippen molar-refractivity contribution >= 4 is 34.0 Å². The van der Waals surface area contributed by atoms with Crippen LogP contribution in [0, 0.1) is 0 Å². The van der Waals surface area contributed by atoms with Gasteiger partial charge in [-0.2, -0.15) is 0 Å². The van der Waals surface area contributed by atoms with E-state index in [9.17, 15) is 9.90 Å². The molecule has 2 aromatic rings. The quantitative estimate of drug-likeness (QED) is 0.790. The van der Waals surface area contributed by atoms with Crippen LogP contribution in [0.15, 0.2) is 18.2 Å². The van der Waals surface area contributed by atoms with Crippen molar-refractivity contribution in [3.05, 3.63) is 33.8 Å². The number of halogens is 1. The first-order valence-electron chi connectivity index (χ1n) is 5.36. The van der Waals surface area contributed by atoms with Crippen molar-refractivity contribution in [2.45, 2.75) is 13.0 Å². The van der Waals surface area contributed by atoms with Crippen LogP contribution >= 0.6 is 22.9 Å². The number of aromatic hydroxyl groups is 1. The van der Waals surface area contributed by atoms with E-state index in [1.165, 1.54) is 17.4 Å². The lowest BCUT2D eigenvalue weighted by atomic mass is 10.1. The Balaban J connectivity index is 1.88. The molecule has 100 valence electrons. The predicted molar refractivity (Wildman–Crippen MR) is 73.0 cm³/mol. The molecule has 0 saturated carbocycles. The number of hydrogen-bond acceptors (Lipinski definition) is 6. The number of nitrogens with zero attached hydrogens (tertiary/aromatic N) is 2. The number of benzene rings is 1. The summed E-state index contributed by atoms with van der Waals surface area (Å²) in [6.07, 6.45) is 0.175. The zero-order valence-electron chi connectivity index (χ0n) is 9.76. The Bertz CT molecular complexity index is 602. The topological polar surface area (TPSA) is 101 Å². The Kier molecular flexibility index (Phi) is 4.18. The standard InChI is InChI=1S/C11H11ClN4O2S/c12-7-3-6(1-2-8(7)17)4-9(18)14-5-10-15-16-11(13)19-10/h1-3,17H,4-5H2,(H2,13,16)(H,14,18). The van der Waals surface area contributed by atoms with E-state index in [4.69, 9.17) is 17.3 Å². The molecule has 4 N–H and O–H groups in total. The summed E-state index contributed by atoms with van der Waals surface area (Å²) in [5.41, 5.74) is 6.15. The van der Waals surface area contributed by atoms with E-state index in [1.807, 2.05) is 0 Å². The van der Waals surface area contributed by atoms with Gasteiger partial charge in [-0.3, -0.25) is 4.79 Å². The van der Waals surface area contributed by atoms with E-state index in [0.717, 1.165) is 5.56 Å².